The van der Waals surface area contributed by atoms with E-state index in [0.717, 1.165) is 10.9 Å². The van der Waals surface area contributed by atoms with Crippen molar-refractivity contribution in [3.05, 3.63) is 33.8 Å². The first-order valence-electron chi connectivity index (χ1n) is 6.67. The van der Waals surface area contributed by atoms with Crippen molar-refractivity contribution in [1.29, 1.82) is 0 Å². The van der Waals surface area contributed by atoms with Crippen LogP contribution in [-0.2, 0) is 6.42 Å². The van der Waals surface area contributed by atoms with Crippen LogP contribution >= 0.6 is 15.9 Å². The van der Waals surface area contributed by atoms with Crippen LogP contribution in [0.15, 0.2) is 22.7 Å². The molecule has 0 heterocycles. The molecule has 0 aliphatic rings. The van der Waals surface area contributed by atoms with E-state index in [4.69, 9.17) is 5.11 Å². The fourth-order valence-electron chi connectivity index (χ4n) is 1.98. The molecule has 1 N–H and O–H groups in total. The highest BCUT2D eigenvalue weighted by Gasteiger charge is 2.06. The zero-order valence-corrected chi connectivity index (χ0v) is 12.5. The molecule has 0 radical (unpaired) electrons. The largest absolute Gasteiger partial charge is 0.478 e. The van der Waals surface area contributed by atoms with Crippen molar-refractivity contribution in [2.45, 2.75) is 51.9 Å². The van der Waals surface area contributed by atoms with Gasteiger partial charge in [0.1, 0.15) is 0 Å². The van der Waals surface area contributed by atoms with Crippen LogP contribution in [-0.4, -0.2) is 11.1 Å². The van der Waals surface area contributed by atoms with Gasteiger partial charge < -0.3 is 5.11 Å². The Balaban J connectivity index is 2.36. The molecule has 0 fully saturated rings. The van der Waals surface area contributed by atoms with Crippen LogP contribution in [0.5, 0.6) is 0 Å². The summed E-state index contributed by atoms with van der Waals surface area (Å²) in [5.41, 5.74) is 1.55. The number of hydrogen-bond acceptors (Lipinski definition) is 1. The van der Waals surface area contributed by atoms with Crippen molar-refractivity contribution < 1.29 is 9.90 Å². The van der Waals surface area contributed by atoms with Gasteiger partial charge in [0.2, 0.25) is 0 Å². The quantitative estimate of drug-likeness (QED) is 0.682. The Kier molecular flexibility index (Phi) is 7.02. The van der Waals surface area contributed by atoms with E-state index in [0.29, 0.717) is 5.56 Å². The lowest BCUT2D eigenvalue weighted by molar-refractivity contribution is 0.0697. The zero-order valence-electron chi connectivity index (χ0n) is 10.9. The van der Waals surface area contributed by atoms with E-state index in [1.807, 2.05) is 6.07 Å². The molecule has 1 rings (SSSR count). The standard InChI is InChI=1S/C15H21BrO2/c1-2-3-4-5-6-7-8-12-9-10-13(15(17)18)11-14(12)16/h9-11H,2-8H2,1H3,(H,17,18). The van der Waals surface area contributed by atoms with E-state index in [2.05, 4.69) is 22.9 Å². The Hall–Kier alpha value is -0.830. The molecule has 0 unspecified atom stereocenters. The van der Waals surface area contributed by atoms with Gasteiger partial charge in [0, 0.05) is 4.47 Å². The van der Waals surface area contributed by atoms with Crippen LogP contribution in [0.4, 0.5) is 0 Å². The molecule has 100 valence electrons. The van der Waals surface area contributed by atoms with Crippen LogP contribution in [0.1, 0.15) is 61.4 Å². The molecule has 2 nitrogen and oxygen atoms in total. The summed E-state index contributed by atoms with van der Waals surface area (Å²) in [6, 6.07) is 5.29. The number of halogens is 1. The van der Waals surface area contributed by atoms with Crippen LogP contribution in [0.3, 0.4) is 0 Å². The summed E-state index contributed by atoms with van der Waals surface area (Å²) in [6.07, 6.45) is 8.70. The number of benzene rings is 1. The molecule has 1 aromatic rings. The van der Waals surface area contributed by atoms with Gasteiger partial charge in [-0.1, -0.05) is 61.0 Å². The molecule has 0 saturated carbocycles. The first-order valence-corrected chi connectivity index (χ1v) is 7.46. The van der Waals surface area contributed by atoms with Gasteiger partial charge in [-0.2, -0.15) is 0 Å². The molecule has 0 spiro atoms. The molecular weight excluding hydrogens is 292 g/mol. The van der Waals surface area contributed by atoms with Crippen molar-refractivity contribution in [2.75, 3.05) is 0 Å². The molecule has 0 bridgehead atoms. The van der Waals surface area contributed by atoms with E-state index in [-0.39, 0.29) is 0 Å². The lowest BCUT2D eigenvalue weighted by Gasteiger charge is -2.05. The monoisotopic (exact) mass is 312 g/mol. The third-order valence-corrected chi connectivity index (χ3v) is 3.84. The van der Waals surface area contributed by atoms with E-state index in [1.165, 1.54) is 44.1 Å². The summed E-state index contributed by atoms with van der Waals surface area (Å²) < 4.78 is 0.913. The van der Waals surface area contributed by atoms with Crippen LogP contribution < -0.4 is 0 Å². The number of rotatable bonds is 8. The Morgan fingerprint density at radius 2 is 1.83 bits per heavy atom. The summed E-state index contributed by atoms with van der Waals surface area (Å²) in [5, 5.41) is 8.88. The second kappa shape index (κ2) is 8.30. The SMILES string of the molecule is CCCCCCCCc1ccc(C(=O)O)cc1Br. The third-order valence-electron chi connectivity index (χ3n) is 3.10. The summed E-state index contributed by atoms with van der Waals surface area (Å²) in [7, 11) is 0. The highest BCUT2D eigenvalue weighted by molar-refractivity contribution is 9.10. The molecule has 0 atom stereocenters. The van der Waals surface area contributed by atoms with Gasteiger partial charge in [-0.05, 0) is 30.5 Å². The van der Waals surface area contributed by atoms with Gasteiger partial charge in [0.15, 0.2) is 0 Å². The van der Waals surface area contributed by atoms with Crippen LogP contribution in [0.25, 0.3) is 0 Å². The summed E-state index contributed by atoms with van der Waals surface area (Å²) >= 11 is 3.45. The normalized spacial score (nSPS) is 10.6. The molecule has 0 aliphatic heterocycles. The average molecular weight is 313 g/mol. The third kappa shape index (κ3) is 5.21. The maximum absolute atomic E-state index is 10.8. The minimum atomic E-state index is -0.873. The van der Waals surface area contributed by atoms with E-state index in [9.17, 15) is 4.79 Å². The number of aromatic carboxylic acids is 1. The molecule has 0 aliphatic carbocycles. The number of carbonyl (C=O) groups is 1. The topological polar surface area (TPSA) is 37.3 Å². The first-order chi connectivity index (χ1) is 8.65. The molecule has 0 saturated heterocycles. The van der Waals surface area contributed by atoms with Crippen molar-refractivity contribution in [2.24, 2.45) is 0 Å². The Morgan fingerprint density at radius 1 is 1.17 bits per heavy atom. The van der Waals surface area contributed by atoms with Gasteiger partial charge in [-0.25, -0.2) is 4.79 Å². The van der Waals surface area contributed by atoms with E-state index in [1.54, 1.807) is 12.1 Å². The smallest absolute Gasteiger partial charge is 0.335 e. The van der Waals surface area contributed by atoms with Crippen molar-refractivity contribution in [3.63, 3.8) is 0 Å². The molecule has 0 amide bonds. The van der Waals surface area contributed by atoms with Gasteiger partial charge in [0.05, 0.1) is 5.56 Å². The van der Waals surface area contributed by atoms with Gasteiger partial charge in [-0.3, -0.25) is 0 Å². The first kappa shape index (κ1) is 15.2. The molecule has 3 heteroatoms. The lowest BCUT2D eigenvalue weighted by Crippen LogP contribution is -1.97. The van der Waals surface area contributed by atoms with Crippen molar-refractivity contribution in [1.82, 2.24) is 0 Å². The van der Waals surface area contributed by atoms with E-state index >= 15 is 0 Å². The van der Waals surface area contributed by atoms with Crippen LogP contribution in [0.2, 0.25) is 0 Å². The molecular formula is C15H21BrO2. The number of aryl methyl sites for hydroxylation is 1. The Morgan fingerprint density at radius 3 is 2.44 bits per heavy atom. The maximum Gasteiger partial charge on any atom is 0.335 e. The average Bonchev–Trinajstić information content (AvgIpc) is 2.35. The number of carboxylic acids is 1. The van der Waals surface area contributed by atoms with Crippen molar-refractivity contribution >= 4 is 21.9 Å². The zero-order chi connectivity index (χ0) is 13.4. The van der Waals surface area contributed by atoms with Crippen LogP contribution in [0, 0.1) is 0 Å². The molecule has 18 heavy (non-hydrogen) atoms. The van der Waals surface area contributed by atoms with Gasteiger partial charge in [-0.15, -0.1) is 0 Å². The minimum absolute atomic E-state index is 0.341. The number of carboxylic acid groups (broad SMARTS) is 1. The second-order valence-corrected chi connectivity index (χ2v) is 5.48. The van der Waals surface area contributed by atoms with Gasteiger partial charge >= 0.3 is 5.97 Å². The summed E-state index contributed by atoms with van der Waals surface area (Å²) in [4.78, 5) is 10.8. The predicted molar refractivity (Wildman–Crippen MR) is 78.2 cm³/mol. The second-order valence-electron chi connectivity index (χ2n) is 4.63. The Labute approximate surface area is 118 Å². The highest BCUT2D eigenvalue weighted by atomic mass is 79.9. The maximum atomic E-state index is 10.8. The fraction of sp³-hybridized carbons (Fsp3) is 0.533. The Bertz CT molecular complexity index is 388. The predicted octanol–water partition coefficient (Wildman–Crippen LogP) is 5.05. The molecule has 0 aromatic heterocycles. The number of unbranched alkanes of at least 4 members (excludes halogenated alkanes) is 5. The molecule has 1 aromatic carbocycles. The lowest BCUT2D eigenvalue weighted by atomic mass is 10.0. The highest BCUT2D eigenvalue weighted by Crippen LogP contribution is 2.21. The van der Waals surface area contributed by atoms with E-state index < -0.39 is 5.97 Å². The number of hydrogen-bond donors (Lipinski definition) is 1. The van der Waals surface area contributed by atoms with Gasteiger partial charge in [0.25, 0.3) is 0 Å². The summed E-state index contributed by atoms with van der Waals surface area (Å²) in [5.74, 6) is -0.873. The minimum Gasteiger partial charge on any atom is -0.478 e. The van der Waals surface area contributed by atoms with Crippen molar-refractivity contribution in [3.8, 4) is 0 Å². The summed E-state index contributed by atoms with van der Waals surface area (Å²) in [6.45, 7) is 2.22. The fourth-order valence-corrected chi connectivity index (χ4v) is 2.56.